The molecule has 0 bridgehead atoms. The molecule has 138 valence electrons. The third kappa shape index (κ3) is 3.26. The van der Waals surface area contributed by atoms with Gasteiger partial charge in [0.25, 0.3) is 0 Å². The Kier molecular flexibility index (Phi) is 4.22. The first-order valence-corrected chi connectivity index (χ1v) is 9.42. The first-order chi connectivity index (χ1) is 13.3. The largest absolute Gasteiger partial charge is 0.454 e. The highest BCUT2D eigenvalue weighted by Gasteiger charge is 2.22. The van der Waals surface area contributed by atoms with Gasteiger partial charge in [-0.1, -0.05) is 29.8 Å². The minimum atomic E-state index is 0.311. The number of fused-ring (bicyclic) bond motifs is 2. The van der Waals surface area contributed by atoms with E-state index in [1.165, 1.54) is 5.56 Å². The van der Waals surface area contributed by atoms with Gasteiger partial charge in [0.05, 0.1) is 11.0 Å². The van der Waals surface area contributed by atoms with Crippen LogP contribution in [0.2, 0.25) is 5.15 Å². The van der Waals surface area contributed by atoms with E-state index < -0.39 is 0 Å². The fourth-order valence-corrected chi connectivity index (χ4v) is 3.84. The van der Waals surface area contributed by atoms with Crippen LogP contribution < -0.4 is 14.4 Å². The van der Waals surface area contributed by atoms with Crippen LogP contribution in [0.4, 0.5) is 5.82 Å². The Morgan fingerprint density at radius 2 is 1.63 bits per heavy atom. The van der Waals surface area contributed by atoms with Crippen LogP contribution in [-0.4, -0.2) is 47.8 Å². The lowest BCUT2D eigenvalue weighted by Gasteiger charge is -2.35. The number of anilines is 1. The molecule has 0 amide bonds. The van der Waals surface area contributed by atoms with E-state index in [-0.39, 0.29) is 0 Å². The van der Waals surface area contributed by atoms with Gasteiger partial charge in [0, 0.05) is 32.7 Å². The van der Waals surface area contributed by atoms with Gasteiger partial charge in [-0.05, 0) is 29.8 Å². The van der Waals surface area contributed by atoms with E-state index >= 15 is 0 Å². The van der Waals surface area contributed by atoms with Crippen LogP contribution >= 0.6 is 11.6 Å². The van der Waals surface area contributed by atoms with Crippen molar-refractivity contribution in [1.82, 2.24) is 14.9 Å². The first kappa shape index (κ1) is 16.6. The molecule has 2 aliphatic rings. The lowest BCUT2D eigenvalue weighted by Crippen LogP contribution is -2.46. The lowest BCUT2D eigenvalue weighted by atomic mass is 10.1. The summed E-state index contributed by atoms with van der Waals surface area (Å²) in [7, 11) is 0. The zero-order valence-corrected chi connectivity index (χ0v) is 15.5. The molecule has 3 aromatic rings. The van der Waals surface area contributed by atoms with E-state index in [0.717, 1.165) is 61.1 Å². The number of hydrogen-bond acceptors (Lipinski definition) is 6. The van der Waals surface area contributed by atoms with Crippen molar-refractivity contribution < 1.29 is 9.47 Å². The quantitative estimate of drug-likeness (QED) is 0.692. The van der Waals surface area contributed by atoms with Gasteiger partial charge in [0.15, 0.2) is 22.5 Å². The number of aromatic nitrogens is 2. The van der Waals surface area contributed by atoms with Crippen molar-refractivity contribution in [2.75, 3.05) is 37.9 Å². The van der Waals surface area contributed by atoms with Gasteiger partial charge in [-0.15, -0.1) is 0 Å². The molecule has 27 heavy (non-hydrogen) atoms. The monoisotopic (exact) mass is 382 g/mol. The standard InChI is InChI=1S/C20H19ClN4O2/c21-19-20(23-16-4-2-1-3-15(16)22-19)25-9-7-24(8-10-25)12-14-5-6-17-18(11-14)27-13-26-17/h1-6,11H,7-10,12-13H2. The number of para-hydroxylation sites is 2. The fraction of sp³-hybridized carbons (Fsp3) is 0.300. The molecule has 0 aliphatic carbocycles. The van der Waals surface area contributed by atoms with Crippen molar-refractivity contribution in [2.24, 2.45) is 0 Å². The summed E-state index contributed by atoms with van der Waals surface area (Å²) in [5.41, 5.74) is 2.93. The van der Waals surface area contributed by atoms with Crippen LogP contribution in [0.5, 0.6) is 11.5 Å². The molecule has 5 rings (SSSR count). The summed E-state index contributed by atoms with van der Waals surface area (Å²) in [6.45, 7) is 4.83. The van der Waals surface area contributed by atoms with Crippen LogP contribution in [0, 0.1) is 0 Å². The number of piperazine rings is 1. The molecule has 2 aliphatic heterocycles. The smallest absolute Gasteiger partial charge is 0.231 e. The highest BCUT2D eigenvalue weighted by atomic mass is 35.5. The average molecular weight is 383 g/mol. The predicted octanol–water partition coefficient (Wildman–Crippen LogP) is 3.33. The van der Waals surface area contributed by atoms with Gasteiger partial charge in [-0.25, -0.2) is 9.97 Å². The molecule has 0 N–H and O–H groups in total. The minimum Gasteiger partial charge on any atom is -0.454 e. The highest BCUT2D eigenvalue weighted by molar-refractivity contribution is 6.32. The average Bonchev–Trinajstić information content (AvgIpc) is 3.16. The number of halogens is 1. The summed E-state index contributed by atoms with van der Waals surface area (Å²) >= 11 is 6.40. The molecule has 1 aromatic heterocycles. The Labute approximate surface area is 162 Å². The first-order valence-electron chi connectivity index (χ1n) is 9.04. The second-order valence-electron chi connectivity index (χ2n) is 6.78. The van der Waals surface area contributed by atoms with Crippen molar-refractivity contribution in [3.8, 4) is 11.5 Å². The number of benzene rings is 2. The SMILES string of the molecule is Clc1nc2ccccc2nc1N1CCN(Cc2ccc3c(c2)OCO3)CC1. The Balaban J connectivity index is 1.27. The number of ether oxygens (including phenoxy) is 2. The van der Waals surface area contributed by atoms with Crippen LogP contribution in [0.1, 0.15) is 5.56 Å². The fourth-order valence-electron chi connectivity index (χ4n) is 3.59. The molecule has 2 aromatic carbocycles. The van der Waals surface area contributed by atoms with Crippen molar-refractivity contribution in [2.45, 2.75) is 6.54 Å². The summed E-state index contributed by atoms with van der Waals surface area (Å²) in [4.78, 5) is 13.9. The van der Waals surface area contributed by atoms with E-state index in [9.17, 15) is 0 Å². The maximum Gasteiger partial charge on any atom is 0.231 e. The molecule has 0 saturated carbocycles. The summed E-state index contributed by atoms with van der Waals surface area (Å²) < 4.78 is 10.9. The van der Waals surface area contributed by atoms with E-state index in [4.69, 9.17) is 26.1 Å². The number of hydrogen-bond donors (Lipinski definition) is 0. The van der Waals surface area contributed by atoms with Crippen LogP contribution in [0.3, 0.4) is 0 Å². The topological polar surface area (TPSA) is 50.7 Å². The Hall–Kier alpha value is -2.57. The van der Waals surface area contributed by atoms with Gasteiger partial charge >= 0.3 is 0 Å². The van der Waals surface area contributed by atoms with Gasteiger partial charge in [0.2, 0.25) is 6.79 Å². The molecule has 6 nitrogen and oxygen atoms in total. The molecule has 1 fully saturated rings. The van der Waals surface area contributed by atoms with Crippen molar-refractivity contribution in [1.29, 1.82) is 0 Å². The summed E-state index contributed by atoms with van der Waals surface area (Å²) in [6, 6.07) is 14.0. The van der Waals surface area contributed by atoms with Gasteiger partial charge < -0.3 is 14.4 Å². The Bertz CT molecular complexity index is 989. The van der Waals surface area contributed by atoms with Crippen LogP contribution in [-0.2, 0) is 6.54 Å². The van der Waals surface area contributed by atoms with Gasteiger partial charge in [-0.2, -0.15) is 0 Å². The van der Waals surface area contributed by atoms with Crippen LogP contribution in [0.25, 0.3) is 11.0 Å². The van der Waals surface area contributed by atoms with E-state index in [1.54, 1.807) is 0 Å². The predicted molar refractivity (Wildman–Crippen MR) is 105 cm³/mol. The maximum absolute atomic E-state index is 6.40. The van der Waals surface area contributed by atoms with Crippen molar-refractivity contribution in [3.05, 3.63) is 53.2 Å². The summed E-state index contributed by atoms with van der Waals surface area (Å²) in [5, 5.41) is 0.470. The lowest BCUT2D eigenvalue weighted by molar-refractivity contribution is 0.174. The number of rotatable bonds is 3. The molecular weight excluding hydrogens is 364 g/mol. The zero-order chi connectivity index (χ0) is 18.2. The Morgan fingerprint density at radius 1 is 0.889 bits per heavy atom. The zero-order valence-electron chi connectivity index (χ0n) is 14.8. The third-order valence-electron chi connectivity index (χ3n) is 5.03. The molecule has 0 atom stereocenters. The van der Waals surface area contributed by atoms with Crippen molar-refractivity contribution in [3.63, 3.8) is 0 Å². The van der Waals surface area contributed by atoms with E-state index in [2.05, 4.69) is 26.9 Å². The minimum absolute atomic E-state index is 0.311. The molecular formula is C20H19ClN4O2. The molecule has 1 saturated heterocycles. The molecule has 3 heterocycles. The molecule has 0 spiro atoms. The van der Waals surface area contributed by atoms with Crippen molar-refractivity contribution >= 4 is 28.5 Å². The second-order valence-corrected chi connectivity index (χ2v) is 7.14. The maximum atomic E-state index is 6.40. The number of nitrogens with zero attached hydrogens (tertiary/aromatic N) is 4. The molecule has 7 heteroatoms. The summed E-state index contributed by atoms with van der Waals surface area (Å²) in [6.07, 6.45) is 0. The summed E-state index contributed by atoms with van der Waals surface area (Å²) in [5.74, 6) is 2.44. The van der Waals surface area contributed by atoms with E-state index in [0.29, 0.717) is 11.9 Å². The third-order valence-corrected chi connectivity index (χ3v) is 5.28. The Morgan fingerprint density at radius 3 is 2.44 bits per heavy atom. The molecule has 0 radical (unpaired) electrons. The van der Waals surface area contributed by atoms with Gasteiger partial charge in [0.1, 0.15) is 0 Å². The molecule has 0 unspecified atom stereocenters. The van der Waals surface area contributed by atoms with Crippen LogP contribution in [0.15, 0.2) is 42.5 Å². The second kappa shape index (κ2) is 6.87. The van der Waals surface area contributed by atoms with E-state index in [1.807, 2.05) is 30.3 Å². The highest BCUT2D eigenvalue weighted by Crippen LogP contribution is 2.33. The normalized spacial score (nSPS) is 16.9. The van der Waals surface area contributed by atoms with Gasteiger partial charge in [-0.3, -0.25) is 4.90 Å².